The maximum absolute atomic E-state index is 13.7. The Bertz CT molecular complexity index is 390. The largest absolute Gasteiger partial charge is 0.396 e. The molecule has 1 unspecified atom stereocenters. The molecule has 0 saturated carbocycles. The van der Waals surface area contributed by atoms with Crippen LogP contribution in [0.3, 0.4) is 0 Å². The molecule has 18 heavy (non-hydrogen) atoms. The Morgan fingerprint density at radius 3 is 2.56 bits per heavy atom. The SMILES string of the molecule is CC(C)(C)C(CCO)NCc1ccc(Br)cc1F. The normalized spacial score (nSPS) is 13.7. The first kappa shape index (κ1) is 15.6. The lowest BCUT2D eigenvalue weighted by Crippen LogP contribution is -2.40. The van der Waals surface area contributed by atoms with E-state index in [0.29, 0.717) is 18.5 Å². The van der Waals surface area contributed by atoms with Crippen molar-refractivity contribution in [1.29, 1.82) is 0 Å². The van der Waals surface area contributed by atoms with Crippen molar-refractivity contribution in [1.82, 2.24) is 5.32 Å². The Morgan fingerprint density at radius 1 is 1.39 bits per heavy atom. The predicted molar refractivity (Wildman–Crippen MR) is 75.9 cm³/mol. The quantitative estimate of drug-likeness (QED) is 0.871. The van der Waals surface area contributed by atoms with Gasteiger partial charge in [-0.25, -0.2) is 4.39 Å². The van der Waals surface area contributed by atoms with Gasteiger partial charge in [0.2, 0.25) is 0 Å². The summed E-state index contributed by atoms with van der Waals surface area (Å²) in [4.78, 5) is 0. The summed E-state index contributed by atoms with van der Waals surface area (Å²) in [5, 5.41) is 12.4. The molecule has 0 fully saturated rings. The van der Waals surface area contributed by atoms with E-state index < -0.39 is 0 Å². The van der Waals surface area contributed by atoms with Gasteiger partial charge in [-0.2, -0.15) is 0 Å². The molecule has 0 heterocycles. The van der Waals surface area contributed by atoms with Gasteiger partial charge in [0, 0.05) is 29.2 Å². The van der Waals surface area contributed by atoms with E-state index in [1.807, 2.05) is 6.07 Å². The smallest absolute Gasteiger partial charge is 0.128 e. The van der Waals surface area contributed by atoms with Gasteiger partial charge >= 0.3 is 0 Å². The highest BCUT2D eigenvalue weighted by atomic mass is 79.9. The fourth-order valence-corrected chi connectivity index (χ4v) is 2.20. The van der Waals surface area contributed by atoms with Crippen molar-refractivity contribution >= 4 is 15.9 Å². The van der Waals surface area contributed by atoms with E-state index in [9.17, 15) is 4.39 Å². The van der Waals surface area contributed by atoms with Crippen LogP contribution >= 0.6 is 15.9 Å². The van der Waals surface area contributed by atoms with Crippen molar-refractivity contribution in [3.63, 3.8) is 0 Å². The number of aliphatic hydroxyl groups is 1. The first-order chi connectivity index (χ1) is 8.34. The lowest BCUT2D eigenvalue weighted by Gasteiger charge is -2.31. The van der Waals surface area contributed by atoms with E-state index in [1.54, 1.807) is 6.07 Å². The minimum atomic E-state index is -0.214. The summed E-state index contributed by atoms with van der Waals surface area (Å²) < 4.78 is 14.4. The molecular weight excluding hydrogens is 297 g/mol. The molecule has 1 atom stereocenters. The second-order valence-electron chi connectivity index (χ2n) is 5.55. The van der Waals surface area contributed by atoms with Gasteiger partial charge in [0.1, 0.15) is 5.82 Å². The van der Waals surface area contributed by atoms with Gasteiger partial charge in [0.25, 0.3) is 0 Å². The summed E-state index contributed by atoms with van der Waals surface area (Å²) in [6, 6.07) is 5.23. The molecule has 0 radical (unpaired) electrons. The van der Waals surface area contributed by atoms with Crippen molar-refractivity contribution in [2.75, 3.05) is 6.61 Å². The molecule has 0 aliphatic heterocycles. The number of nitrogens with one attached hydrogen (secondary N) is 1. The number of halogens is 2. The minimum Gasteiger partial charge on any atom is -0.396 e. The third kappa shape index (κ3) is 4.67. The average molecular weight is 318 g/mol. The van der Waals surface area contributed by atoms with Crippen molar-refractivity contribution in [2.24, 2.45) is 5.41 Å². The number of aliphatic hydroxyl groups excluding tert-OH is 1. The standard InChI is InChI=1S/C14H21BrFNO/c1-14(2,3)13(6-7-18)17-9-10-4-5-11(15)8-12(10)16/h4-5,8,13,17-18H,6-7,9H2,1-3H3. The summed E-state index contributed by atoms with van der Waals surface area (Å²) in [6.07, 6.45) is 0.668. The Balaban J connectivity index is 2.67. The van der Waals surface area contributed by atoms with E-state index in [0.717, 1.165) is 4.47 Å². The summed E-state index contributed by atoms with van der Waals surface area (Å²) in [5.74, 6) is -0.214. The second kappa shape index (κ2) is 6.64. The summed E-state index contributed by atoms with van der Waals surface area (Å²) in [5.41, 5.74) is 0.680. The molecule has 102 valence electrons. The van der Waals surface area contributed by atoms with Gasteiger partial charge in [-0.05, 0) is 24.0 Å². The van der Waals surface area contributed by atoms with Crippen LogP contribution in [0.5, 0.6) is 0 Å². The van der Waals surface area contributed by atoms with Crippen LogP contribution in [0.25, 0.3) is 0 Å². The van der Waals surface area contributed by atoms with Crippen LogP contribution in [0.2, 0.25) is 0 Å². The van der Waals surface area contributed by atoms with Crippen LogP contribution < -0.4 is 5.32 Å². The van der Waals surface area contributed by atoms with E-state index in [4.69, 9.17) is 5.11 Å². The molecule has 1 aromatic rings. The van der Waals surface area contributed by atoms with E-state index in [-0.39, 0.29) is 23.9 Å². The van der Waals surface area contributed by atoms with Gasteiger partial charge in [0.05, 0.1) is 0 Å². The number of hydrogen-bond acceptors (Lipinski definition) is 2. The number of benzene rings is 1. The first-order valence-corrected chi connectivity index (χ1v) is 6.92. The maximum Gasteiger partial charge on any atom is 0.128 e. The third-order valence-electron chi connectivity index (χ3n) is 3.02. The molecule has 4 heteroatoms. The van der Waals surface area contributed by atoms with Gasteiger partial charge in [-0.1, -0.05) is 42.8 Å². The third-order valence-corrected chi connectivity index (χ3v) is 3.51. The molecule has 2 nitrogen and oxygen atoms in total. The summed E-state index contributed by atoms with van der Waals surface area (Å²) >= 11 is 3.24. The molecule has 1 rings (SSSR count). The summed E-state index contributed by atoms with van der Waals surface area (Å²) in [7, 11) is 0. The molecule has 0 aromatic heterocycles. The molecule has 2 N–H and O–H groups in total. The fraction of sp³-hybridized carbons (Fsp3) is 0.571. The summed E-state index contributed by atoms with van der Waals surface area (Å²) in [6.45, 7) is 6.94. The van der Waals surface area contributed by atoms with Crippen molar-refractivity contribution in [3.05, 3.63) is 34.1 Å². The highest BCUT2D eigenvalue weighted by molar-refractivity contribution is 9.10. The second-order valence-corrected chi connectivity index (χ2v) is 6.46. The highest BCUT2D eigenvalue weighted by Crippen LogP contribution is 2.22. The van der Waals surface area contributed by atoms with Gasteiger partial charge < -0.3 is 10.4 Å². The van der Waals surface area contributed by atoms with Crippen molar-refractivity contribution in [2.45, 2.75) is 39.8 Å². The lowest BCUT2D eigenvalue weighted by atomic mass is 9.85. The minimum absolute atomic E-state index is 0.0363. The van der Waals surface area contributed by atoms with Crippen LogP contribution in [0.4, 0.5) is 4.39 Å². The molecule has 0 amide bonds. The highest BCUT2D eigenvalue weighted by Gasteiger charge is 2.23. The topological polar surface area (TPSA) is 32.3 Å². The van der Waals surface area contributed by atoms with Crippen LogP contribution in [0.15, 0.2) is 22.7 Å². The van der Waals surface area contributed by atoms with Crippen LogP contribution in [0, 0.1) is 11.2 Å². The van der Waals surface area contributed by atoms with E-state index >= 15 is 0 Å². The Labute approximate surface area is 117 Å². The van der Waals surface area contributed by atoms with Crippen LogP contribution in [-0.4, -0.2) is 17.8 Å². The van der Waals surface area contributed by atoms with Crippen molar-refractivity contribution in [3.8, 4) is 0 Å². The predicted octanol–water partition coefficient (Wildman–Crippen LogP) is 3.47. The van der Waals surface area contributed by atoms with Crippen LogP contribution in [0.1, 0.15) is 32.8 Å². The molecule has 0 aliphatic carbocycles. The van der Waals surface area contributed by atoms with E-state index in [1.165, 1.54) is 6.07 Å². The molecular formula is C14H21BrFNO. The zero-order valence-corrected chi connectivity index (χ0v) is 12.7. The van der Waals surface area contributed by atoms with Crippen LogP contribution in [-0.2, 0) is 6.54 Å². The maximum atomic E-state index is 13.7. The lowest BCUT2D eigenvalue weighted by molar-refractivity contribution is 0.196. The molecule has 0 aliphatic rings. The monoisotopic (exact) mass is 317 g/mol. The van der Waals surface area contributed by atoms with Gasteiger partial charge in [-0.15, -0.1) is 0 Å². The Kier molecular flexibility index (Phi) is 5.76. The average Bonchev–Trinajstić information content (AvgIpc) is 2.24. The van der Waals surface area contributed by atoms with Gasteiger partial charge in [-0.3, -0.25) is 0 Å². The molecule has 0 saturated heterocycles. The fourth-order valence-electron chi connectivity index (χ4n) is 1.87. The van der Waals surface area contributed by atoms with Crippen molar-refractivity contribution < 1.29 is 9.50 Å². The number of rotatable bonds is 5. The molecule has 1 aromatic carbocycles. The van der Waals surface area contributed by atoms with E-state index in [2.05, 4.69) is 42.0 Å². The zero-order chi connectivity index (χ0) is 13.8. The first-order valence-electron chi connectivity index (χ1n) is 6.12. The molecule has 0 spiro atoms. The Morgan fingerprint density at radius 2 is 2.06 bits per heavy atom. The Hall–Kier alpha value is -0.450. The molecule has 0 bridgehead atoms. The zero-order valence-electron chi connectivity index (χ0n) is 11.1. The van der Waals surface area contributed by atoms with Gasteiger partial charge in [0.15, 0.2) is 0 Å². The number of hydrogen-bond donors (Lipinski definition) is 2.